The summed E-state index contributed by atoms with van der Waals surface area (Å²) in [7, 11) is 0. The molecule has 2 saturated carbocycles. The number of rotatable bonds is 7. The summed E-state index contributed by atoms with van der Waals surface area (Å²) in [5.41, 5.74) is 5.84. The van der Waals surface area contributed by atoms with Gasteiger partial charge in [-0.3, -0.25) is 0 Å². The Kier molecular flexibility index (Phi) is 3.44. The molecule has 2 fully saturated rings. The molecule has 1 aromatic heterocycles. The highest BCUT2D eigenvalue weighted by atomic mass is 16.3. The summed E-state index contributed by atoms with van der Waals surface area (Å²) in [6.07, 6.45) is 5.39. The molecule has 3 N–H and O–H groups in total. The maximum Gasteiger partial charge on any atom is 0.122 e. The van der Waals surface area contributed by atoms with Gasteiger partial charge in [-0.15, -0.1) is 0 Å². The van der Waals surface area contributed by atoms with Crippen LogP contribution in [0.1, 0.15) is 56.1 Å². The first-order chi connectivity index (χ1) is 8.78. The summed E-state index contributed by atoms with van der Waals surface area (Å²) in [5, 5.41) is 3.52. The van der Waals surface area contributed by atoms with Crippen molar-refractivity contribution in [3.8, 4) is 0 Å². The normalized spacial score (nSPS) is 28.3. The molecule has 0 saturated heterocycles. The molecule has 18 heavy (non-hydrogen) atoms. The molecule has 2 aliphatic rings. The Morgan fingerprint density at radius 3 is 2.83 bits per heavy atom. The van der Waals surface area contributed by atoms with Gasteiger partial charge in [-0.05, 0) is 43.4 Å². The molecular formula is C15H24N2O. The second-order valence-electron chi connectivity index (χ2n) is 6.03. The van der Waals surface area contributed by atoms with Gasteiger partial charge in [0.05, 0.1) is 6.04 Å². The van der Waals surface area contributed by atoms with Gasteiger partial charge >= 0.3 is 0 Å². The van der Waals surface area contributed by atoms with Crippen LogP contribution in [-0.2, 0) is 0 Å². The fourth-order valence-electron chi connectivity index (χ4n) is 2.64. The molecule has 2 aliphatic carbocycles. The zero-order chi connectivity index (χ0) is 12.5. The second kappa shape index (κ2) is 5.06. The molecule has 0 aliphatic heterocycles. The molecule has 0 aromatic carbocycles. The van der Waals surface area contributed by atoms with Crippen LogP contribution >= 0.6 is 0 Å². The first-order valence-corrected chi connectivity index (χ1v) is 7.31. The smallest absolute Gasteiger partial charge is 0.122 e. The van der Waals surface area contributed by atoms with Crippen LogP contribution in [0.4, 0.5) is 0 Å². The molecule has 1 aromatic rings. The van der Waals surface area contributed by atoms with Crippen LogP contribution in [0, 0.1) is 11.8 Å². The van der Waals surface area contributed by atoms with Gasteiger partial charge in [0.1, 0.15) is 11.5 Å². The third-order valence-corrected chi connectivity index (χ3v) is 4.34. The summed E-state index contributed by atoms with van der Waals surface area (Å²) in [6.45, 7) is 3.95. The van der Waals surface area contributed by atoms with E-state index in [-0.39, 0.29) is 6.04 Å². The topological polar surface area (TPSA) is 51.2 Å². The van der Waals surface area contributed by atoms with E-state index in [2.05, 4.69) is 24.4 Å². The highest BCUT2D eigenvalue weighted by Crippen LogP contribution is 2.47. The lowest BCUT2D eigenvalue weighted by atomic mass is 10.2. The van der Waals surface area contributed by atoms with Gasteiger partial charge in [0.15, 0.2) is 0 Å². The number of furan rings is 1. The van der Waals surface area contributed by atoms with Crippen LogP contribution in [0.15, 0.2) is 16.5 Å². The third-order valence-electron chi connectivity index (χ3n) is 4.34. The van der Waals surface area contributed by atoms with Gasteiger partial charge in [0.25, 0.3) is 0 Å². The number of hydrogen-bond donors (Lipinski definition) is 2. The van der Waals surface area contributed by atoms with Crippen LogP contribution in [-0.4, -0.2) is 13.1 Å². The van der Waals surface area contributed by atoms with Gasteiger partial charge in [0.2, 0.25) is 0 Å². The molecule has 1 heterocycles. The second-order valence-corrected chi connectivity index (χ2v) is 6.03. The molecule has 100 valence electrons. The summed E-state index contributed by atoms with van der Waals surface area (Å²) < 4.78 is 5.96. The van der Waals surface area contributed by atoms with E-state index in [9.17, 15) is 0 Å². The van der Waals surface area contributed by atoms with E-state index in [1.54, 1.807) is 0 Å². The summed E-state index contributed by atoms with van der Waals surface area (Å²) in [4.78, 5) is 0. The molecule has 3 atom stereocenters. The van der Waals surface area contributed by atoms with Crippen LogP contribution in [0.2, 0.25) is 0 Å². The van der Waals surface area contributed by atoms with Crippen molar-refractivity contribution >= 4 is 0 Å². The molecule has 0 radical (unpaired) electrons. The molecule has 3 nitrogen and oxygen atoms in total. The zero-order valence-electron chi connectivity index (χ0n) is 11.2. The van der Waals surface area contributed by atoms with Crippen LogP contribution in [0.5, 0.6) is 0 Å². The minimum absolute atomic E-state index is 0.187. The zero-order valence-corrected chi connectivity index (χ0v) is 11.2. The van der Waals surface area contributed by atoms with Crippen molar-refractivity contribution in [1.82, 2.24) is 5.32 Å². The van der Waals surface area contributed by atoms with Gasteiger partial charge < -0.3 is 15.5 Å². The predicted molar refractivity (Wildman–Crippen MR) is 72.4 cm³/mol. The van der Waals surface area contributed by atoms with Crippen molar-refractivity contribution in [1.29, 1.82) is 0 Å². The Balaban J connectivity index is 1.54. The van der Waals surface area contributed by atoms with E-state index >= 15 is 0 Å². The van der Waals surface area contributed by atoms with Crippen LogP contribution in [0.25, 0.3) is 0 Å². The van der Waals surface area contributed by atoms with Crippen molar-refractivity contribution in [2.45, 2.75) is 44.6 Å². The lowest BCUT2D eigenvalue weighted by molar-refractivity contribution is 0.390. The SMILES string of the molecule is CC1CC1c1ccc(C(CN)NCCC2CC2)o1. The maximum atomic E-state index is 5.96. The average Bonchev–Trinajstić information content (AvgIpc) is 3.27. The van der Waals surface area contributed by atoms with Gasteiger partial charge in [-0.1, -0.05) is 19.8 Å². The lowest BCUT2D eigenvalue weighted by Crippen LogP contribution is -2.28. The largest absolute Gasteiger partial charge is 0.464 e. The monoisotopic (exact) mass is 248 g/mol. The standard InChI is InChI=1S/C15H24N2O/c1-10-8-12(10)14-4-5-15(18-14)13(9-16)17-7-6-11-2-3-11/h4-5,10-13,17H,2-3,6-9,16H2,1H3. The molecule has 0 bridgehead atoms. The Labute approximate surface area is 109 Å². The molecule has 3 rings (SSSR count). The fraction of sp³-hybridized carbons (Fsp3) is 0.733. The van der Waals surface area contributed by atoms with Crippen molar-refractivity contribution < 1.29 is 4.42 Å². The highest BCUT2D eigenvalue weighted by Gasteiger charge is 2.36. The minimum atomic E-state index is 0.187. The molecular weight excluding hydrogens is 224 g/mol. The van der Waals surface area contributed by atoms with E-state index in [4.69, 9.17) is 10.2 Å². The first-order valence-electron chi connectivity index (χ1n) is 7.31. The number of nitrogens with two attached hydrogens (primary N) is 1. The lowest BCUT2D eigenvalue weighted by Gasteiger charge is -2.14. The predicted octanol–water partition coefficient (Wildman–Crippen LogP) is 2.79. The Bertz CT molecular complexity index is 397. The van der Waals surface area contributed by atoms with Crippen molar-refractivity contribution in [3.63, 3.8) is 0 Å². The third kappa shape index (κ3) is 2.78. The van der Waals surface area contributed by atoms with Gasteiger partial charge in [-0.25, -0.2) is 0 Å². The maximum absolute atomic E-state index is 5.96. The molecule has 3 unspecified atom stereocenters. The highest BCUT2D eigenvalue weighted by molar-refractivity contribution is 5.19. The number of hydrogen-bond acceptors (Lipinski definition) is 3. The van der Waals surface area contributed by atoms with Crippen LogP contribution in [0.3, 0.4) is 0 Å². The van der Waals surface area contributed by atoms with E-state index in [1.165, 1.54) is 25.7 Å². The first kappa shape index (κ1) is 12.2. The quantitative estimate of drug-likeness (QED) is 0.780. The van der Waals surface area contributed by atoms with Gasteiger partial charge in [-0.2, -0.15) is 0 Å². The molecule has 0 amide bonds. The Morgan fingerprint density at radius 2 is 2.22 bits per heavy atom. The van der Waals surface area contributed by atoms with Gasteiger partial charge in [0, 0.05) is 12.5 Å². The average molecular weight is 248 g/mol. The van der Waals surface area contributed by atoms with Crippen molar-refractivity contribution in [3.05, 3.63) is 23.7 Å². The summed E-state index contributed by atoms with van der Waals surface area (Å²) in [5.74, 6) is 4.59. The summed E-state index contributed by atoms with van der Waals surface area (Å²) in [6, 6.07) is 4.42. The van der Waals surface area contributed by atoms with E-state index in [1.807, 2.05) is 0 Å². The Morgan fingerprint density at radius 1 is 1.44 bits per heavy atom. The fourth-order valence-corrected chi connectivity index (χ4v) is 2.64. The molecule has 0 spiro atoms. The van der Waals surface area contributed by atoms with E-state index in [0.29, 0.717) is 12.5 Å². The molecule has 3 heteroatoms. The minimum Gasteiger partial charge on any atom is -0.464 e. The van der Waals surface area contributed by atoms with E-state index < -0.39 is 0 Å². The van der Waals surface area contributed by atoms with Crippen LogP contribution < -0.4 is 11.1 Å². The van der Waals surface area contributed by atoms with Crippen molar-refractivity contribution in [2.75, 3.05) is 13.1 Å². The Hall–Kier alpha value is -0.800. The van der Waals surface area contributed by atoms with E-state index in [0.717, 1.165) is 29.9 Å². The summed E-state index contributed by atoms with van der Waals surface area (Å²) >= 11 is 0. The van der Waals surface area contributed by atoms with Crippen molar-refractivity contribution in [2.24, 2.45) is 17.6 Å². The number of nitrogens with one attached hydrogen (secondary N) is 1.